The van der Waals surface area contributed by atoms with E-state index in [1.807, 2.05) is 18.2 Å². The molecule has 0 aliphatic heterocycles. The number of nitrogens with zero attached hydrogens (tertiary/aromatic N) is 2. The van der Waals surface area contributed by atoms with Gasteiger partial charge in [-0.3, -0.25) is 4.68 Å². The Kier molecular flexibility index (Phi) is 3.07. The van der Waals surface area contributed by atoms with E-state index >= 15 is 0 Å². The van der Waals surface area contributed by atoms with Crippen molar-refractivity contribution in [2.75, 3.05) is 7.11 Å². The highest BCUT2D eigenvalue weighted by Crippen LogP contribution is 2.24. The van der Waals surface area contributed by atoms with Crippen molar-refractivity contribution >= 4 is 0 Å². The van der Waals surface area contributed by atoms with Gasteiger partial charge in [0, 0.05) is 6.07 Å². The first-order valence-corrected chi connectivity index (χ1v) is 4.86. The number of nitrogens with two attached hydrogens (primary N) is 1. The number of methoxy groups -OCH3 is 1. The second-order valence-corrected chi connectivity index (χ2v) is 3.18. The van der Waals surface area contributed by atoms with E-state index in [9.17, 15) is 0 Å². The second kappa shape index (κ2) is 4.67. The minimum Gasteiger partial charge on any atom is -0.497 e. The van der Waals surface area contributed by atoms with E-state index < -0.39 is 0 Å². The maximum atomic E-state index is 5.58. The average molecular weight is 219 g/mol. The third-order valence-corrected chi connectivity index (χ3v) is 2.07. The third kappa shape index (κ3) is 2.32. The Morgan fingerprint density at radius 3 is 2.81 bits per heavy atom. The Bertz CT molecular complexity index is 468. The fourth-order valence-electron chi connectivity index (χ4n) is 1.30. The molecule has 1 aromatic carbocycles. The van der Waals surface area contributed by atoms with Crippen molar-refractivity contribution in [2.45, 2.75) is 6.67 Å². The van der Waals surface area contributed by atoms with E-state index in [0.717, 1.165) is 5.75 Å². The highest BCUT2D eigenvalue weighted by molar-refractivity contribution is 5.35. The summed E-state index contributed by atoms with van der Waals surface area (Å²) in [5.74, 6) is 2.11. The van der Waals surface area contributed by atoms with Gasteiger partial charge >= 0.3 is 0 Å². The van der Waals surface area contributed by atoms with Gasteiger partial charge in [-0.05, 0) is 12.1 Å². The highest BCUT2D eigenvalue weighted by atomic mass is 16.5. The summed E-state index contributed by atoms with van der Waals surface area (Å²) in [4.78, 5) is 0. The first-order valence-electron chi connectivity index (χ1n) is 4.86. The van der Waals surface area contributed by atoms with Crippen LogP contribution in [0.4, 0.5) is 0 Å². The molecule has 0 saturated carbocycles. The molecule has 84 valence electrons. The predicted octanol–water partition coefficient (Wildman–Crippen LogP) is 1.60. The van der Waals surface area contributed by atoms with Gasteiger partial charge in [-0.2, -0.15) is 5.10 Å². The maximum Gasteiger partial charge on any atom is 0.165 e. The van der Waals surface area contributed by atoms with Gasteiger partial charge in [0.05, 0.1) is 26.2 Å². The largest absolute Gasteiger partial charge is 0.497 e. The van der Waals surface area contributed by atoms with Gasteiger partial charge < -0.3 is 15.2 Å². The summed E-state index contributed by atoms with van der Waals surface area (Å²) in [6.07, 6.45) is 3.35. The summed E-state index contributed by atoms with van der Waals surface area (Å²) in [5.41, 5.74) is 5.43. The lowest BCUT2D eigenvalue weighted by Gasteiger charge is -2.04. The Morgan fingerprint density at radius 1 is 1.31 bits per heavy atom. The number of rotatable bonds is 4. The minimum absolute atomic E-state index is 0.335. The zero-order valence-electron chi connectivity index (χ0n) is 8.96. The molecule has 0 radical (unpaired) electrons. The molecule has 0 fully saturated rings. The SMILES string of the molecule is COc1cccc(Oc2cnn(CN)c2)c1. The minimum atomic E-state index is 0.335. The fraction of sp³-hybridized carbons (Fsp3) is 0.182. The van der Waals surface area contributed by atoms with E-state index in [2.05, 4.69) is 5.10 Å². The van der Waals surface area contributed by atoms with Crippen molar-refractivity contribution in [2.24, 2.45) is 5.73 Å². The number of hydrogen-bond donors (Lipinski definition) is 1. The molecule has 0 bridgehead atoms. The Balaban J connectivity index is 2.13. The molecule has 0 spiro atoms. The van der Waals surface area contributed by atoms with Crippen LogP contribution in [0, 0.1) is 0 Å². The lowest BCUT2D eigenvalue weighted by atomic mass is 10.3. The molecule has 0 aliphatic carbocycles. The van der Waals surface area contributed by atoms with Crippen LogP contribution in [0.1, 0.15) is 0 Å². The van der Waals surface area contributed by atoms with Gasteiger partial charge in [-0.1, -0.05) is 6.07 Å². The fourth-order valence-corrected chi connectivity index (χ4v) is 1.30. The molecule has 0 saturated heterocycles. The molecule has 2 aromatic rings. The van der Waals surface area contributed by atoms with Crippen molar-refractivity contribution < 1.29 is 9.47 Å². The van der Waals surface area contributed by atoms with Crippen LogP contribution in [0.5, 0.6) is 17.2 Å². The predicted molar refractivity (Wildman–Crippen MR) is 59.5 cm³/mol. The molecule has 0 unspecified atom stereocenters. The van der Waals surface area contributed by atoms with Crippen LogP contribution in [-0.2, 0) is 6.67 Å². The normalized spacial score (nSPS) is 10.1. The molecule has 2 N–H and O–H groups in total. The van der Waals surface area contributed by atoms with E-state index in [1.54, 1.807) is 30.3 Å². The summed E-state index contributed by atoms with van der Waals surface area (Å²) < 4.78 is 12.3. The Hall–Kier alpha value is -2.01. The zero-order valence-corrected chi connectivity index (χ0v) is 8.96. The highest BCUT2D eigenvalue weighted by Gasteiger charge is 2.01. The summed E-state index contributed by atoms with van der Waals surface area (Å²) in [6, 6.07) is 7.37. The molecule has 5 nitrogen and oxygen atoms in total. The van der Waals surface area contributed by atoms with Gasteiger partial charge in [0.1, 0.15) is 11.5 Å². The Morgan fingerprint density at radius 2 is 2.12 bits per heavy atom. The topological polar surface area (TPSA) is 62.3 Å². The standard InChI is InChI=1S/C11H13N3O2/c1-15-9-3-2-4-10(5-9)16-11-6-13-14(7-11)8-12/h2-7H,8,12H2,1H3. The summed E-state index contributed by atoms with van der Waals surface area (Å²) >= 11 is 0. The van der Waals surface area contributed by atoms with Gasteiger partial charge in [-0.25, -0.2) is 0 Å². The van der Waals surface area contributed by atoms with Crippen LogP contribution in [-0.4, -0.2) is 16.9 Å². The number of aromatic nitrogens is 2. The van der Waals surface area contributed by atoms with E-state index in [0.29, 0.717) is 18.2 Å². The molecule has 0 amide bonds. The molecule has 5 heteroatoms. The van der Waals surface area contributed by atoms with E-state index in [1.165, 1.54) is 0 Å². The number of hydrogen-bond acceptors (Lipinski definition) is 4. The van der Waals surface area contributed by atoms with Crippen LogP contribution in [0.2, 0.25) is 0 Å². The Labute approximate surface area is 93.4 Å². The van der Waals surface area contributed by atoms with Gasteiger partial charge in [0.15, 0.2) is 5.75 Å². The van der Waals surface area contributed by atoms with Crippen LogP contribution in [0.15, 0.2) is 36.7 Å². The van der Waals surface area contributed by atoms with Crippen molar-refractivity contribution in [3.05, 3.63) is 36.7 Å². The lowest BCUT2D eigenvalue weighted by molar-refractivity contribution is 0.409. The van der Waals surface area contributed by atoms with Crippen LogP contribution >= 0.6 is 0 Å². The molecular formula is C11H13N3O2. The monoisotopic (exact) mass is 219 g/mol. The molecule has 0 atom stereocenters. The van der Waals surface area contributed by atoms with Crippen molar-refractivity contribution in [1.82, 2.24) is 9.78 Å². The molecule has 2 rings (SSSR count). The van der Waals surface area contributed by atoms with E-state index in [4.69, 9.17) is 15.2 Å². The van der Waals surface area contributed by atoms with Gasteiger partial charge in [0.2, 0.25) is 0 Å². The lowest BCUT2D eigenvalue weighted by Crippen LogP contribution is -2.06. The average Bonchev–Trinajstić information content (AvgIpc) is 2.77. The van der Waals surface area contributed by atoms with Crippen molar-refractivity contribution in [1.29, 1.82) is 0 Å². The van der Waals surface area contributed by atoms with Crippen LogP contribution in [0.3, 0.4) is 0 Å². The van der Waals surface area contributed by atoms with Crippen molar-refractivity contribution in [3.8, 4) is 17.2 Å². The molecule has 1 heterocycles. The smallest absolute Gasteiger partial charge is 0.165 e. The quantitative estimate of drug-likeness (QED) is 0.848. The van der Waals surface area contributed by atoms with E-state index in [-0.39, 0.29) is 0 Å². The molecule has 1 aromatic heterocycles. The van der Waals surface area contributed by atoms with Gasteiger partial charge in [0.25, 0.3) is 0 Å². The summed E-state index contributed by atoms with van der Waals surface area (Å²) in [5, 5.41) is 4.01. The number of benzene rings is 1. The van der Waals surface area contributed by atoms with Crippen molar-refractivity contribution in [3.63, 3.8) is 0 Å². The molecule has 0 aliphatic rings. The zero-order chi connectivity index (χ0) is 11.4. The first-order chi connectivity index (χ1) is 7.81. The second-order valence-electron chi connectivity index (χ2n) is 3.18. The molecule has 16 heavy (non-hydrogen) atoms. The molecular weight excluding hydrogens is 206 g/mol. The van der Waals surface area contributed by atoms with Gasteiger partial charge in [-0.15, -0.1) is 0 Å². The maximum absolute atomic E-state index is 5.58. The number of ether oxygens (including phenoxy) is 2. The van der Waals surface area contributed by atoms with Crippen LogP contribution in [0.25, 0.3) is 0 Å². The summed E-state index contributed by atoms with van der Waals surface area (Å²) in [7, 11) is 1.62. The van der Waals surface area contributed by atoms with Crippen LogP contribution < -0.4 is 15.2 Å². The summed E-state index contributed by atoms with van der Waals surface area (Å²) in [6.45, 7) is 0.335. The first kappa shape index (κ1) is 10.5. The third-order valence-electron chi connectivity index (χ3n) is 2.07.